The van der Waals surface area contributed by atoms with Crippen molar-refractivity contribution >= 4 is 15.9 Å². The highest BCUT2D eigenvalue weighted by atomic mass is 79.9. The number of halogens is 1. The number of hydrogen-bond acceptors (Lipinski definition) is 0. The SMILES string of the molecule is Cc1ccc(Br)c2c1CCCCCCC2. The maximum absolute atomic E-state index is 3.70. The molecule has 0 nitrogen and oxygen atoms in total. The third-order valence-corrected chi connectivity index (χ3v) is 4.20. The van der Waals surface area contributed by atoms with E-state index >= 15 is 0 Å². The summed E-state index contributed by atoms with van der Waals surface area (Å²) in [5.41, 5.74) is 4.68. The molecule has 0 spiro atoms. The van der Waals surface area contributed by atoms with Crippen molar-refractivity contribution in [2.24, 2.45) is 0 Å². The van der Waals surface area contributed by atoms with Gasteiger partial charge in [0.15, 0.2) is 0 Å². The molecule has 15 heavy (non-hydrogen) atoms. The summed E-state index contributed by atoms with van der Waals surface area (Å²) in [6, 6.07) is 4.47. The Labute approximate surface area is 101 Å². The topological polar surface area (TPSA) is 0 Å². The van der Waals surface area contributed by atoms with Gasteiger partial charge in [-0.15, -0.1) is 0 Å². The molecule has 0 fully saturated rings. The molecule has 1 aromatic carbocycles. The predicted molar refractivity (Wildman–Crippen MR) is 69.4 cm³/mol. The highest BCUT2D eigenvalue weighted by Crippen LogP contribution is 2.28. The molecule has 2 rings (SSSR count). The summed E-state index contributed by atoms with van der Waals surface area (Å²) in [6.45, 7) is 2.25. The van der Waals surface area contributed by atoms with Crippen molar-refractivity contribution in [1.29, 1.82) is 0 Å². The van der Waals surface area contributed by atoms with Gasteiger partial charge in [-0.25, -0.2) is 0 Å². The van der Waals surface area contributed by atoms with Gasteiger partial charge in [-0.3, -0.25) is 0 Å². The summed E-state index contributed by atoms with van der Waals surface area (Å²) in [5, 5.41) is 0. The highest BCUT2D eigenvalue weighted by molar-refractivity contribution is 9.10. The molecule has 0 saturated carbocycles. The van der Waals surface area contributed by atoms with E-state index < -0.39 is 0 Å². The molecule has 1 aliphatic carbocycles. The van der Waals surface area contributed by atoms with Gasteiger partial charge in [0.1, 0.15) is 0 Å². The number of benzene rings is 1. The van der Waals surface area contributed by atoms with E-state index in [2.05, 4.69) is 35.0 Å². The van der Waals surface area contributed by atoms with Crippen molar-refractivity contribution in [3.05, 3.63) is 33.3 Å². The Morgan fingerprint density at radius 1 is 0.867 bits per heavy atom. The number of aryl methyl sites for hydroxylation is 1. The van der Waals surface area contributed by atoms with Gasteiger partial charge in [-0.1, -0.05) is 41.3 Å². The molecular formula is C14H19Br. The first-order chi connectivity index (χ1) is 7.29. The largest absolute Gasteiger partial charge is 0.0579 e. The monoisotopic (exact) mass is 266 g/mol. The van der Waals surface area contributed by atoms with Crippen molar-refractivity contribution in [1.82, 2.24) is 0 Å². The molecule has 0 aromatic heterocycles. The molecule has 1 aliphatic rings. The second kappa shape index (κ2) is 5.16. The van der Waals surface area contributed by atoms with Crippen molar-refractivity contribution in [3.8, 4) is 0 Å². The molecule has 0 heterocycles. The fourth-order valence-corrected chi connectivity index (χ4v) is 3.10. The molecule has 0 N–H and O–H groups in total. The van der Waals surface area contributed by atoms with Gasteiger partial charge in [-0.05, 0) is 55.4 Å². The first-order valence-electron chi connectivity index (χ1n) is 6.06. The minimum absolute atomic E-state index is 1.26. The Morgan fingerprint density at radius 3 is 2.20 bits per heavy atom. The molecular weight excluding hydrogens is 248 g/mol. The van der Waals surface area contributed by atoms with Crippen LogP contribution in [0.4, 0.5) is 0 Å². The van der Waals surface area contributed by atoms with Crippen LogP contribution in [-0.4, -0.2) is 0 Å². The average Bonchev–Trinajstić information content (AvgIpc) is 2.35. The second-order valence-corrected chi connectivity index (χ2v) is 5.44. The van der Waals surface area contributed by atoms with Crippen molar-refractivity contribution in [2.75, 3.05) is 0 Å². The number of hydrogen-bond donors (Lipinski definition) is 0. The number of rotatable bonds is 0. The van der Waals surface area contributed by atoms with Gasteiger partial charge in [-0.2, -0.15) is 0 Å². The van der Waals surface area contributed by atoms with E-state index in [1.165, 1.54) is 55.0 Å². The van der Waals surface area contributed by atoms with Gasteiger partial charge < -0.3 is 0 Å². The van der Waals surface area contributed by atoms with Crippen LogP contribution in [0.15, 0.2) is 16.6 Å². The van der Waals surface area contributed by atoms with Crippen LogP contribution in [0.25, 0.3) is 0 Å². The molecule has 0 aliphatic heterocycles. The Morgan fingerprint density at radius 2 is 1.47 bits per heavy atom. The van der Waals surface area contributed by atoms with Crippen molar-refractivity contribution < 1.29 is 0 Å². The Hall–Kier alpha value is -0.300. The molecule has 0 radical (unpaired) electrons. The van der Waals surface area contributed by atoms with Crippen molar-refractivity contribution in [3.63, 3.8) is 0 Å². The molecule has 0 unspecified atom stereocenters. The van der Waals surface area contributed by atoms with Crippen LogP contribution in [-0.2, 0) is 12.8 Å². The van der Waals surface area contributed by atoms with E-state index in [0.29, 0.717) is 0 Å². The van der Waals surface area contributed by atoms with Gasteiger partial charge in [0.05, 0.1) is 0 Å². The molecule has 1 aromatic rings. The fraction of sp³-hybridized carbons (Fsp3) is 0.571. The van der Waals surface area contributed by atoms with Crippen LogP contribution < -0.4 is 0 Å². The van der Waals surface area contributed by atoms with Crippen LogP contribution in [0, 0.1) is 6.92 Å². The van der Waals surface area contributed by atoms with E-state index in [4.69, 9.17) is 0 Å². The summed E-state index contributed by atoms with van der Waals surface area (Å²) < 4.78 is 1.32. The van der Waals surface area contributed by atoms with Crippen molar-refractivity contribution in [2.45, 2.75) is 51.9 Å². The van der Waals surface area contributed by atoms with Gasteiger partial charge >= 0.3 is 0 Å². The zero-order valence-corrected chi connectivity index (χ0v) is 11.1. The first kappa shape index (κ1) is 11.2. The molecule has 82 valence electrons. The third kappa shape index (κ3) is 2.63. The quantitative estimate of drug-likeness (QED) is 0.633. The van der Waals surface area contributed by atoms with Crippen LogP contribution in [0.3, 0.4) is 0 Å². The van der Waals surface area contributed by atoms with Gasteiger partial charge in [0, 0.05) is 4.47 Å². The Balaban J connectivity index is 2.36. The normalized spacial score (nSPS) is 17.5. The predicted octanol–water partition coefficient (Wildman–Crippen LogP) is 4.81. The lowest BCUT2D eigenvalue weighted by molar-refractivity contribution is 0.629. The van der Waals surface area contributed by atoms with Crippen LogP contribution in [0.5, 0.6) is 0 Å². The van der Waals surface area contributed by atoms with Gasteiger partial charge in [0.25, 0.3) is 0 Å². The summed E-state index contributed by atoms with van der Waals surface area (Å²) in [5.74, 6) is 0. The summed E-state index contributed by atoms with van der Waals surface area (Å²) in [4.78, 5) is 0. The van der Waals surface area contributed by atoms with Crippen LogP contribution >= 0.6 is 15.9 Å². The first-order valence-corrected chi connectivity index (χ1v) is 6.85. The molecule has 0 atom stereocenters. The minimum atomic E-state index is 1.26. The molecule has 0 saturated heterocycles. The fourth-order valence-electron chi connectivity index (χ4n) is 2.53. The minimum Gasteiger partial charge on any atom is -0.0579 e. The van der Waals surface area contributed by atoms with E-state index in [9.17, 15) is 0 Å². The highest BCUT2D eigenvalue weighted by Gasteiger charge is 2.11. The van der Waals surface area contributed by atoms with E-state index in [1.807, 2.05) is 0 Å². The summed E-state index contributed by atoms with van der Waals surface area (Å²) >= 11 is 3.70. The lowest BCUT2D eigenvalue weighted by Gasteiger charge is -2.13. The number of fused-ring (bicyclic) bond motifs is 1. The zero-order valence-electron chi connectivity index (χ0n) is 9.48. The maximum atomic E-state index is 3.70. The molecule has 0 amide bonds. The van der Waals surface area contributed by atoms with Crippen LogP contribution in [0.1, 0.15) is 48.8 Å². The van der Waals surface area contributed by atoms with E-state index in [-0.39, 0.29) is 0 Å². The van der Waals surface area contributed by atoms with Crippen LogP contribution in [0.2, 0.25) is 0 Å². The van der Waals surface area contributed by atoms with E-state index in [1.54, 1.807) is 11.1 Å². The van der Waals surface area contributed by atoms with Gasteiger partial charge in [0.2, 0.25) is 0 Å². The lowest BCUT2D eigenvalue weighted by atomic mass is 9.95. The smallest absolute Gasteiger partial charge is 0.0210 e. The Bertz CT molecular complexity index is 308. The average molecular weight is 267 g/mol. The molecule has 0 bridgehead atoms. The maximum Gasteiger partial charge on any atom is 0.0210 e. The molecule has 1 heteroatoms. The van der Waals surface area contributed by atoms with E-state index in [0.717, 1.165) is 0 Å². The zero-order chi connectivity index (χ0) is 10.7. The summed E-state index contributed by atoms with van der Waals surface area (Å²) in [7, 11) is 0. The Kier molecular flexibility index (Phi) is 3.85. The summed E-state index contributed by atoms with van der Waals surface area (Å²) in [6.07, 6.45) is 9.49. The lowest BCUT2D eigenvalue weighted by Crippen LogP contribution is -1.98. The third-order valence-electron chi connectivity index (χ3n) is 3.46. The standard InChI is InChI=1S/C14H19Br/c1-11-9-10-14(15)13-8-6-4-2-3-5-7-12(11)13/h9-10H,2-8H2,1H3. The second-order valence-electron chi connectivity index (χ2n) is 4.59.